The second-order valence-corrected chi connectivity index (χ2v) is 2.86. The van der Waals surface area contributed by atoms with Crippen molar-refractivity contribution in [3.8, 4) is 12.3 Å². The van der Waals surface area contributed by atoms with Gasteiger partial charge in [-0.25, -0.2) is 9.97 Å². The number of nitrogens with zero attached hydrogens (tertiary/aromatic N) is 2. The number of terminal acetylenes is 1. The molecule has 0 unspecified atom stereocenters. The lowest BCUT2D eigenvalue weighted by Gasteiger charge is -2.15. The number of hydrogen-bond donors (Lipinski definition) is 0. The molecule has 0 saturated carbocycles. The predicted octanol–water partition coefficient (Wildman–Crippen LogP) is 1.39. The van der Waals surface area contributed by atoms with Gasteiger partial charge in [0.25, 0.3) is 0 Å². The lowest BCUT2D eigenvalue weighted by molar-refractivity contribution is 0.667. The maximum absolute atomic E-state index is 5.33. The maximum Gasteiger partial charge on any atom is 0.115 e. The van der Waals surface area contributed by atoms with Gasteiger partial charge in [0.05, 0.1) is 11.1 Å². The molecule has 1 rings (SSSR count). The van der Waals surface area contributed by atoms with Gasteiger partial charge in [0.2, 0.25) is 0 Å². The Bertz CT molecular complexity index is 269. The fourth-order valence-electron chi connectivity index (χ4n) is 0.734. The van der Waals surface area contributed by atoms with E-state index in [1.54, 1.807) is 6.20 Å². The van der Waals surface area contributed by atoms with Crippen molar-refractivity contribution in [2.24, 2.45) is 0 Å². The molecule has 0 aliphatic rings. The Kier molecular flexibility index (Phi) is 1.91. The monoisotopic (exact) mass is 146 g/mol. The van der Waals surface area contributed by atoms with Crippen LogP contribution in [0.1, 0.15) is 19.5 Å². The van der Waals surface area contributed by atoms with Crippen LogP contribution in [0.25, 0.3) is 0 Å². The van der Waals surface area contributed by atoms with Crippen LogP contribution in [0.5, 0.6) is 0 Å². The second-order valence-electron chi connectivity index (χ2n) is 2.86. The summed E-state index contributed by atoms with van der Waals surface area (Å²) in [6, 6.07) is 1.83. The average molecular weight is 146 g/mol. The van der Waals surface area contributed by atoms with E-state index in [4.69, 9.17) is 6.42 Å². The zero-order chi connectivity index (χ0) is 8.32. The van der Waals surface area contributed by atoms with Gasteiger partial charge in [-0.05, 0) is 19.9 Å². The zero-order valence-corrected chi connectivity index (χ0v) is 6.70. The Morgan fingerprint density at radius 2 is 2.27 bits per heavy atom. The van der Waals surface area contributed by atoms with Crippen LogP contribution in [-0.4, -0.2) is 9.97 Å². The van der Waals surface area contributed by atoms with Crippen LogP contribution in [0.2, 0.25) is 0 Å². The quantitative estimate of drug-likeness (QED) is 0.559. The van der Waals surface area contributed by atoms with Gasteiger partial charge in [-0.15, -0.1) is 6.42 Å². The van der Waals surface area contributed by atoms with Gasteiger partial charge in [-0.2, -0.15) is 0 Å². The first-order valence-electron chi connectivity index (χ1n) is 3.41. The smallest absolute Gasteiger partial charge is 0.115 e. The number of rotatable bonds is 1. The molecule has 0 saturated heterocycles. The molecule has 1 aromatic heterocycles. The summed E-state index contributed by atoms with van der Waals surface area (Å²) in [5.41, 5.74) is 0.596. The van der Waals surface area contributed by atoms with Crippen LogP contribution in [0.4, 0.5) is 0 Å². The summed E-state index contributed by atoms with van der Waals surface area (Å²) in [5, 5.41) is 0. The first-order chi connectivity index (χ1) is 5.17. The van der Waals surface area contributed by atoms with E-state index in [9.17, 15) is 0 Å². The molecule has 0 bridgehead atoms. The SMILES string of the molecule is C#CC(C)(C)c1ccncn1. The summed E-state index contributed by atoms with van der Waals surface area (Å²) in [4.78, 5) is 7.88. The first kappa shape index (κ1) is 7.74. The Labute approximate surface area is 66.7 Å². The van der Waals surface area contributed by atoms with E-state index in [0.29, 0.717) is 0 Å². The largest absolute Gasteiger partial charge is 0.245 e. The van der Waals surface area contributed by atoms with E-state index in [2.05, 4.69) is 15.9 Å². The van der Waals surface area contributed by atoms with E-state index in [0.717, 1.165) is 5.69 Å². The molecule has 1 heterocycles. The molecular formula is C9H10N2. The summed E-state index contributed by atoms with van der Waals surface area (Å²) in [6.07, 6.45) is 8.53. The highest BCUT2D eigenvalue weighted by Gasteiger charge is 2.17. The minimum Gasteiger partial charge on any atom is -0.245 e. The van der Waals surface area contributed by atoms with Crippen molar-refractivity contribution >= 4 is 0 Å². The van der Waals surface area contributed by atoms with Gasteiger partial charge in [0, 0.05) is 6.20 Å². The summed E-state index contributed by atoms with van der Waals surface area (Å²) in [6.45, 7) is 3.91. The standard InChI is InChI=1S/C9H10N2/c1-4-9(2,3)8-5-6-10-7-11-8/h1,5-7H,2-3H3. The van der Waals surface area contributed by atoms with Gasteiger partial charge in [-0.1, -0.05) is 5.92 Å². The molecule has 0 spiro atoms. The Morgan fingerprint density at radius 3 is 2.73 bits per heavy atom. The van der Waals surface area contributed by atoms with Crippen molar-refractivity contribution in [2.45, 2.75) is 19.3 Å². The lowest BCUT2D eigenvalue weighted by Crippen LogP contribution is -2.15. The molecule has 0 aliphatic carbocycles. The van der Waals surface area contributed by atoms with Gasteiger partial charge in [0.15, 0.2) is 0 Å². The zero-order valence-electron chi connectivity index (χ0n) is 6.70. The molecule has 0 N–H and O–H groups in total. The highest BCUT2D eigenvalue weighted by Crippen LogP contribution is 2.17. The van der Waals surface area contributed by atoms with Crippen molar-refractivity contribution in [2.75, 3.05) is 0 Å². The minimum atomic E-state index is -0.289. The molecule has 2 nitrogen and oxygen atoms in total. The summed E-state index contributed by atoms with van der Waals surface area (Å²) < 4.78 is 0. The Hall–Kier alpha value is -1.36. The molecule has 0 atom stereocenters. The van der Waals surface area contributed by atoms with Crippen molar-refractivity contribution in [3.63, 3.8) is 0 Å². The Morgan fingerprint density at radius 1 is 1.55 bits per heavy atom. The van der Waals surface area contributed by atoms with Crippen LogP contribution in [0, 0.1) is 12.3 Å². The van der Waals surface area contributed by atoms with Crippen LogP contribution < -0.4 is 0 Å². The molecule has 56 valence electrons. The van der Waals surface area contributed by atoms with E-state index in [-0.39, 0.29) is 5.41 Å². The fourth-order valence-corrected chi connectivity index (χ4v) is 0.734. The first-order valence-corrected chi connectivity index (χ1v) is 3.41. The van der Waals surface area contributed by atoms with E-state index >= 15 is 0 Å². The molecule has 0 aliphatic heterocycles. The molecular weight excluding hydrogens is 136 g/mol. The van der Waals surface area contributed by atoms with E-state index in [1.807, 2.05) is 19.9 Å². The van der Waals surface area contributed by atoms with Crippen LogP contribution >= 0.6 is 0 Å². The Balaban J connectivity index is 3.05. The third-order valence-electron chi connectivity index (χ3n) is 1.58. The van der Waals surface area contributed by atoms with Crippen LogP contribution in [0.15, 0.2) is 18.6 Å². The van der Waals surface area contributed by atoms with Crippen LogP contribution in [0.3, 0.4) is 0 Å². The van der Waals surface area contributed by atoms with Crippen molar-refractivity contribution in [1.82, 2.24) is 9.97 Å². The molecule has 2 heteroatoms. The highest BCUT2D eigenvalue weighted by atomic mass is 14.8. The predicted molar refractivity (Wildman–Crippen MR) is 43.9 cm³/mol. The van der Waals surface area contributed by atoms with Crippen molar-refractivity contribution < 1.29 is 0 Å². The molecule has 0 radical (unpaired) electrons. The molecule has 0 amide bonds. The lowest BCUT2D eigenvalue weighted by atomic mass is 9.90. The topological polar surface area (TPSA) is 25.8 Å². The number of hydrogen-bond acceptors (Lipinski definition) is 2. The second kappa shape index (κ2) is 2.71. The minimum absolute atomic E-state index is 0.289. The summed E-state index contributed by atoms with van der Waals surface area (Å²) in [5.74, 6) is 2.67. The fraction of sp³-hybridized carbons (Fsp3) is 0.333. The van der Waals surface area contributed by atoms with Gasteiger partial charge < -0.3 is 0 Å². The van der Waals surface area contributed by atoms with Gasteiger partial charge in [-0.3, -0.25) is 0 Å². The van der Waals surface area contributed by atoms with Crippen molar-refractivity contribution in [1.29, 1.82) is 0 Å². The average Bonchev–Trinajstić information content (AvgIpc) is 2.06. The van der Waals surface area contributed by atoms with E-state index in [1.165, 1.54) is 6.33 Å². The summed E-state index contributed by atoms with van der Waals surface area (Å²) in [7, 11) is 0. The van der Waals surface area contributed by atoms with Gasteiger partial charge >= 0.3 is 0 Å². The molecule has 0 fully saturated rings. The summed E-state index contributed by atoms with van der Waals surface area (Å²) >= 11 is 0. The molecule has 1 aromatic rings. The third kappa shape index (κ3) is 1.56. The van der Waals surface area contributed by atoms with Crippen molar-refractivity contribution in [3.05, 3.63) is 24.3 Å². The third-order valence-corrected chi connectivity index (χ3v) is 1.58. The highest BCUT2D eigenvalue weighted by molar-refractivity contribution is 5.23. The molecule has 0 aromatic carbocycles. The molecule has 11 heavy (non-hydrogen) atoms. The van der Waals surface area contributed by atoms with E-state index < -0.39 is 0 Å². The van der Waals surface area contributed by atoms with Crippen LogP contribution in [-0.2, 0) is 5.41 Å². The maximum atomic E-state index is 5.33. The van der Waals surface area contributed by atoms with Gasteiger partial charge in [0.1, 0.15) is 6.33 Å². The normalized spacial score (nSPS) is 10.6. The number of aromatic nitrogens is 2.